The number of nitrogens with zero attached hydrogens (tertiary/aromatic N) is 1. The molecule has 0 radical (unpaired) electrons. The summed E-state index contributed by atoms with van der Waals surface area (Å²) in [6, 6.07) is 4.91. The summed E-state index contributed by atoms with van der Waals surface area (Å²) in [5, 5.41) is 8.98. The number of benzene rings is 1. The van der Waals surface area contributed by atoms with Crippen LogP contribution in [0, 0.1) is 5.92 Å². The van der Waals surface area contributed by atoms with Crippen LogP contribution >= 0.6 is 0 Å². The third kappa shape index (κ3) is 2.35. The minimum absolute atomic E-state index is 0.300. The highest BCUT2D eigenvalue weighted by Gasteiger charge is 2.23. The molecule has 0 spiro atoms. The van der Waals surface area contributed by atoms with Crippen molar-refractivity contribution in [2.24, 2.45) is 5.92 Å². The van der Waals surface area contributed by atoms with Gasteiger partial charge in [-0.05, 0) is 30.5 Å². The highest BCUT2D eigenvalue weighted by molar-refractivity contribution is 5.90. The van der Waals surface area contributed by atoms with Crippen molar-refractivity contribution in [1.29, 1.82) is 0 Å². The molecule has 1 atom stereocenters. The lowest BCUT2D eigenvalue weighted by atomic mass is 10.1. The van der Waals surface area contributed by atoms with E-state index in [1.54, 1.807) is 18.2 Å². The molecule has 3 N–H and O–H groups in total. The Morgan fingerprint density at radius 1 is 1.59 bits per heavy atom. The lowest BCUT2D eigenvalue weighted by Gasteiger charge is -2.21. The Labute approximate surface area is 101 Å². The number of carbonyl (C=O) groups is 1. The van der Waals surface area contributed by atoms with Crippen LogP contribution in [0.2, 0.25) is 0 Å². The second-order valence-corrected chi connectivity index (χ2v) is 4.59. The van der Waals surface area contributed by atoms with E-state index in [0.29, 0.717) is 17.2 Å². The third-order valence-electron chi connectivity index (χ3n) is 3.48. The molecule has 17 heavy (non-hydrogen) atoms. The zero-order chi connectivity index (χ0) is 12.4. The number of rotatable bonds is 3. The summed E-state index contributed by atoms with van der Waals surface area (Å²) in [5.74, 6) is -0.208. The van der Waals surface area contributed by atoms with Crippen molar-refractivity contribution < 1.29 is 9.90 Å². The summed E-state index contributed by atoms with van der Waals surface area (Å²) in [4.78, 5) is 13.1. The maximum absolute atomic E-state index is 10.9. The largest absolute Gasteiger partial charge is 0.478 e. The number of aromatic carboxylic acids is 1. The number of nitrogens with two attached hydrogens (primary N) is 1. The van der Waals surface area contributed by atoms with Crippen LogP contribution < -0.4 is 10.6 Å². The summed E-state index contributed by atoms with van der Waals surface area (Å²) in [5.41, 5.74) is 7.74. The van der Waals surface area contributed by atoms with E-state index >= 15 is 0 Å². The van der Waals surface area contributed by atoms with Crippen LogP contribution in [0.1, 0.15) is 30.1 Å². The van der Waals surface area contributed by atoms with E-state index in [2.05, 4.69) is 11.8 Å². The van der Waals surface area contributed by atoms with Gasteiger partial charge in [-0.2, -0.15) is 0 Å². The monoisotopic (exact) mass is 234 g/mol. The number of nitrogen functional groups attached to an aromatic ring is 1. The van der Waals surface area contributed by atoms with Crippen LogP contribution in [0.4, 0.5) is 11.4 Å². The summed E-state index contributed by atoms with van der Waals surface area (Å²) >= 11 is 0. The number of carboxylic acids is 1. The SMILES string of the molecule is CCC1CCN(c2cc(C(=O)O)ccc2N)C1. The molecule has 92 valence electrons. The Morgan fingerprint density at radius 3 is 2.94 bits per heavy atom. The standard InChI is InChI=1S/C13H18N2O2/c1-2-9-5-6-15(8-9)12-7-10(13(16)17)3-4-11(12)14/h3-4,7,9H,2,5-6,8,14H2,1H3,(H,16,17). The van der Waals surface area contributed by atoms with Crippen molar-refractivity contribution in [3.05, 3.63) is 23.8 Å². The molecule has 1 aliphatic rings. The van der Waals surface area contributed by atoms with Crippen LogP contribution in [0.5, 0.6) is 0 Å². The van der Waals surface area contributed by atoms with Crippen LogP contribution in [-0.4, -0.2) is 24.2 Å². The van der Waals surface area contributed by atoms with Gasteiger partial charge in [-0.1, -0.05) is 13.3 Å². The molecule has 4 heteroatoms. The number of hydrogen-bond donors (Lipinski definition) is 2. The Morgan fingerprint density at radius 2 is 2.35 bits per heavy atom. The second-order valence-electron chi connectivity index (χ2n) is 4.59. The van der Waals surface area contributed by atoms with Gasteiger partial charge in [-0.3, -0.25) is 0 Å². The van der Waals surface area contributed by atoms with Crippen LogP contribution in [-0.2, 0) is 0 Å². The molecule has 1 aromatic rings. The molecular formula is C13H18N2O2. The van der Waals surface area contributed by atoms with Gasteiger partial charge in [0.2, 0.25) is 0 Å². The molecule has 1 fully saturated rings. The van der Waals surface area contributed by atoms with Gasteiger partial charge in [-0.25, -0.2) is 4.79 Å². The van der Waals surface area contributed by atoms with Gasteiger partial charge in [-0.15, -0.1) is 0 Å². The molecule has 4 nitrogen and oxygen atoms in total. The van der Waals surface area contributed by atoms with Gasteiger partial charge in [0, 0.05) is 13.1 Å². The molecule has 1 unspecified atom stereocenters. The summed E-state index contributed by atoms with van der Waals surface area (Å²) in [7, 11) is 0. The fourth-order valence-electron chi connectivity index (χ4n) is 2.34. The molecule has 2 rings (SSSR count). The van der Waals surface area contributed by atoms with Crippen molar-refractivity contribution in [3.63, 3.8) is 0 Å². The first kappa shape index (κ1) is 11.8. The fraction of sp³-hybridized carbons (Fsp3) is 0.462. The number of anilines is 2. The molecular weight excluding hydrogens is 216 g/mol. The van der Waals surface area contributed by atoms with Gasteiger partial charge in [0.15, 0.2) is 0 Å². The molecule has 0 amide bonds. The van der Waals surface area contributed by atoms with Crippen molar-refractivity contribution >= 4 is 17.3 Å². The first-order valence-corrected chi connectivity index (χ1v) is 5.99. The Kier molecular flexibility index (Phi) is 3.22. The van der Waals surface area contributed by atoms with Gasteiger partial charge in [0.25, 0.3) is 0 Å². The average Bonchev–Trinajstić information content (AvgIpc) is 2.77. The minimum Gasteiger partial charge on any atom is -0.478 e. The van der Waals surface area contributed by atoms with Gasteiger partial charge in [0.05, 0.1) is 16.9 Å². The minimum atomic E-state index is -0.905. The molecule has 0 aromatic heterocycles. The van der Waals surface area contributed by atoms with Gasteiger partial charge >= 0.3 is 5.97 Å². The lowest BCUT2D eigenvalue weighted by Crippen LogP contribution is -2.21. The van der Waals surface area contributed by atoms with E-state index in [0.717, 1.165) is 31.6 Å². The highest BCUT2D eigenvalue weighted by atomic mass is 16.4. The van der Waals surface area contributed by atoms with Crippen LogP contribution in [0.25, 0.3) is 0 Å². The van der Waals surface area contributed by atoms with Crippen LogP contribution in [0.15, 0.2) is 18.2 Å². The van der Waals surface area contributed by atoms with E-state index in [9.17, 15) is 4.79 Å². The first-order valence-electron chi connectivity index (χ1n) is 5.99. The Hall–Kier alpha value is -1.71. The fourth-order valence-corrected chi connectivity index (χ4v) is 2.34. The molecule has 1 saturated heterocycles. The number of carboxylic acid groups (broad SMARTS) is 1. The quantitative estimate of drug-likeness (QED) is 0.787. The van der Waals surface area contributed by atoms with Gasteiger partial charge < -0.3 is 15.7 Å². The number of hydrogen-bond acceptors (Lipinski definition) is 3. The molecule has 0 bridgehead atoms. The molecule has 1 heterocycles. The predicted octanol–water partition coefficient (Wildman–Crippen LogP) is 2.20. The van der Waals surface area contributed by atoms with Crippen molar-refractivity contribution in [3.8, 4) is 0 Å². The Bertz CT molecular complexity index is 431. The van der Waals surface area contributed by atoms with Crippen molar-refractivity contribution in [2.45, 2.75) is 19.8 Å². The van der Waals surface area contributed by atoms with E-state index in [1.165, 1.54) is 0 Å². The predicted molar refractivity (Wildman–Crippen MR) is 68.4 cm³/mol. The lowest BCUT2D eigenvalue weighted by molar-refractivity contribution is 0.0697. The summed E-state index contributed by atoms with van der Waals surface area (Å²) < 4.78 is 0. The Balaban J connectivity index is 2.25. The molecule has 0 aliphatic carbocycles. The van der Waals surface area contributed by atoms with E-state index in [4.69, 9.17) is 10.8 Å². The average molecular weight is 234 g/mol. The highest BCUT2D eigenvalue weighted by Crippen LogP contribution is 2.30. The zero-order valence-electron chi connectivity index (χ0n) is 10.0. The summed E-state index contributed by atoms with van der Waals surface area (Å²) in [6.45, 7) is 4.13. The smallest absolute Gasteiger partial charge is 0.335 e. The first-order chi connectivity index (χ1) is 8.11. The molecule has 1 aliphatic heterocycles. The van der Waals surface area contributed by atoms with E-state index in [-0.39, 0.29) is 0 Å². The van der Waals surface area contributed by atoms with E-state index in [1.807, 2.05) is 0 Å². The normalized spacial score (nSPS) is 19.6. The third-order valence-corrected chi connectivity index (χ3v) is 3.48. The maximum atomic E-state index is 10.9. The topological polar surface area (TPSA) is 66.6 Å². The second kappa shape index (κ2) is 4.65. The molecule has 1 aromatic carbocycles. The van der Waals surface area contributed by atoms with E-state index < -0.39 is 5.97 Å². The molecule has 0 saturated carbocycles. The summed E-state index contributed by atoms with van der Waals surface area (Å²) in [6.07, 6.45) is 2.32. The maximum Gasteiger partial charge on any atom is 0.335 e. The van der Waals surface area contributed by atoms with Crippen molar-refractivity contribution in [2.75, 3.05) is 23.7 Å². The van der Waals surface area contributed by atoms with Crippen LogP contribution in [0.3, 0.4) is 0 Å². The zero-order valence-corrected chi connectivity index (χ0v) is 10.0. The van der Waals surface area contributed by atoms with Gasteiger partial charge in [0.1, 0.15) is 0 Å². The van der Waals surface area contributed by atoms with Crippen molar-refractivity contribution in [1.82, 2.24) is 0 Å².